The first-order valence-corrected chi connectivity index (χ1v) is 7.68. The molecule has 20 heavy (non-hydrogen) atoms. The minimum absolute atomic E-state index is 0.00756. The van der Waals surface area contributed by atoms with E-state index < -0.39 is 9.84 Å². The van der Waals surface area contributed by atoms with Gasteiger partial charge in [-0.15, -0.1) is 0 Å². The number of nitrogen functional groups attached to an aromatic ring is 1. The SMILES string of the molecule is Nc1cc2c(cc1NC1C=CS(=O)(=O)C1)NC(=O)CO2. The van der Waals surface area contributed by atoms with E-state index in [1.165, 1.54) is 5.41 Å². The van der Waals surface area contributed by atoms with Crippen molar-refractivity contribution in [3.8, 4) is 5.75 Å². The summed E-state index contributed by atoms with van der Waals surface area (Å²) in [5.41, 5.74) is 7.40. The molecule has 2 heterocycles. The summed E-state index contributed by atoms with van der Waals surface area (Å²) in [6, 6.07) is 2.91. The number of sulfone groups is 1. The zero-order chi connectivity index (χ0) is 14.3. The largest absolute Gasteiger partial charge is 0.482 e. The summed E-state index contributed by atoms with van der Waals surface area (Å²) in [4.78, 5) is 11.3. The quantitative estimate of drug-likeness (QED) is 0.678. The number of hydrogen-bond acceptors (Lipinski definition) is 6. The van der Waals surface area contributed by atoms with Crippen LogP contribution in [0.15, 0.2) is 23.6 Å². The van der Waals surface area contributed by atoms with Gasteiger partial charge in [-0.05, 0) is 6.07 Å². The molecule has 4 N–H and O–H groups in total. The molecule has 1 aromatic carbocycles. The van der Waals surface area contributed by atoms with Crippen LogP contribution >= 0.6 is 0 Å². The highest BCUT2D eigenvalue weighted by Crippen LogP contribution is 2.35. The molecule has 1 atom stereocenters. The van der Waals surface area contributed by atoms with Crippen molar-refractivity contribution >= 4 is 32.8 Å². The Morgan fingerprint density at radius 3 is 2.90 bits per heavy atom. The molecule has 8 heteroatoms. The summed E-state index contributed by atoms with van der Waals surface area (Å²) >= 11 is 0. The summed E-state index contributed by atoms with van der Waals surface area (Å²) < 4.78 is 28.0. The number of anilines is 3. The lowest BCUT2D eigenvalue weighted by molar-refractivity contribution is -0.118. The van der Waals surface area contributed by atoms with E-state index in [4.69, 9.17) is 10.5 Å². The second-order valence-corrected chi connectivity index (χ2v) is 6.61. The van der Waals surface area contributed by atoms with E-state index in [1.807, 2.05) is 0 Å². The topological polar surface area (TPSA) is 111 Å². The zero-order valence-corrected chi connectivity index (χ0v) is 11.2. The first-order valence-electron chi connectivity index (χ1n) is 5.97. The zero-order valence-electron chi connectivity index (χ0n) is 10.4. The van der Waals surface area contributed by atoms with Gasteiger partial charge in [0.2, 0.25) is 0 Å². The standard InChI is InChI=1S/C12H13N3O4S/c13-8-3-11-10(15-12(16)5-19-11)4-9(8)14-7-1-2-20(17,18)6-7/h1-4,7,14H,5-6,13H2,(H,15,16). The van der Waals surface area contributed by atoms with Crippen molar-refractivity contribution in [1.29, 1.82) is 0 Å². The van der Waals surface area contributed by atoms with Gasteiger partial charge in [0.25, 0.3) is 5.91 Å². The van der Waals surface area contributed by atoms with Gasteiger partial charge in [0, 0.05) is 11.5 Å². The highest BCUT2D eigenvalue weighted by atomic mass is 32.2. The number of nitrogens with one attached hydrogen (secondary N) is 2. The third-order valence-corrected chi connectivity index (χ3v) is 4.45. The molecule has 3 rings (SSSR count). The minimum Gasteiger partial charge on any atom is -0.482 e. The molecule has 7 nitrogen and oxygen atoms in total. The third kappa shape index (κ3) is 2.42. The van der Waals surface area contributed by atoms with Crippen LogP contribution in [0.3, 0.4) is 0 Å². The van der Waals surface area contributed by atoms with Crippen LogP contribution in [-0.4, -0.2) is 32.7 Å². The van der Waals surface area contributed by atoms with Gasteiger partial charge in [-0.1, -0.05) is 6.08 Å². The molecule has 0 saturated carbocycles. The lowest BCUT2D eigenvalue weighted by atomic mass is 10.2. The van der Waals surface area contributed by atoms with E-state index >= 15 is 0 Å². The van der Waals surface area contributed by atoms with Crippen molar-refractivity contribution in [2.45, 2.75) is 6.04 Å². The van der Waals surface area contributed by atoms with Gasteiger partial charge in [0.15, 0.2) is 16.4 Å². The van der Waals surface area contributed by atoms with Gasteiger partial charge in [0.05, 0.1) is 28.9 Å². The van der Waals surface area contributed by atoms with Crippen LogP contribution in [0.2, 0.25) is 0 Å². The van der Waals surface area contributed by atoms with E-state index in [9.17, 15) is 13.2 Å². The molecule has 1 unspecified atom stereocenters. The molecule has 1 amide bonds. The van der Waals surface area contributed by atoms with Crippen molar-refractivity contribution in [3.63, 3.8) is 0 Å². The number of carbonyl (C=O) groups excluding carboxylic acids is 1. The maximum atomic E-state index is 11.4. The molecule has 106 valence electrons. The van der Waals surface area contributed by atoms with E-state index in [-0.39, 0.29) is 24.3 Å². The summed E-state index contributed by atoms with van der Waals surface area (Å²) in [6.45, 7) is -0.0389. The van der Waals surface area contributed by atoms with Crippen LogP contribution in [0, 0.1) is 0 Å². The van der Waals surface area contributed by atoms with Crippen molar-refractivity contribution in [3.05, 3.63) is 23.6 Å². The fourth-order valence-electron chi connectivity index (χ4n) is 2.13. The fraction of sp³-hybridized carbons (Fsp3) is 0.250. The highest BCUT2D eigenvalue weighted by Gasteiger charge is 2.23. The van der Waals surface area contributed by atoms with Crippen LogP contribution < -0.4 is 21.1 Å². The van der Waals surface area contributed by atoms with E-state index in [2.05, 4.69) is 10.6 Å². The Hall–Kier alpha value is -2.22. The maximum absolute atomic E-state index is 11.4. The van der Waals surface area contributed by atoms with Gasteiger partial charge < -0.3 is 21.1 Å². The molecule has 0 bridgehead atoms. The maximum Gasteiger partial charge on any atom is 0.262 e. The number of fused-ring (bicyclic) bond motifs is 1. The van der Waals surface area contributed by atoms with Crippen LogP contribution in [-0.2, 0) is 14.6 Å². The van der Waals surface area contributed by atoms with E-state index in [0.29, 0.717) is 22.8 Å². The predicted molar refractivity (Wildman–Crippen MR) is 75.3 cm³/mol. The summed E-state index contributed by atoms with van der Waals surface area (Å²) in [7, 11) is -3.13. The molecule has 0 saturated heterocycles. The van der Waals surface area contributed by atoms with Gasteiger partial charge in [-0.2, -0.15) is 0 Å². The Bertz CT molecular complexity index is 712. The fourth-order valence-corrected chi connectivity index (χ4v) is 3.37. The number of nitrogens with two attached hydrogens (primary N) is 1. The number of benzene rings is 1. The van der Waals surface area contributed by atoms with Crippen LogP contribution in [0.25, 0.3) is 0 Å². The normalized spacial score (nSPS) is 22.8. The van der Waals surface area contributed by atoms with Gasteiger partial charge in [0.1, 0.15) is 5.75 Å². The van der Waals surface area contributed by atoms with Crippen molar-refractivity contribution in [2.24, 2.45) is 0 Å². The summed E-state index contributed by atoms with van der Waals surface area (Å²) in [5.74, 6) is 0.255. The number of amides is 1. The Balaban J connectivity index is 1.86. The molecule has 0 spiro atoms. The van der Waals surface area contributed by atoms with Gasteiger partial charge in [-0.3, -0.25) is 4.79 Å². The van der Waals surface area contributed by atoms with Gasteiger partial charge >= 0.3 is 0 Å². The molecular weight excluding hydrogens is 282 g/mol. The number of carbonyl (C=O) groups is 1. The van der Waals surface area contributed by atoms with Crippen LogP contribution in [0.5, 0.6) is 5.75 Å². The third-order valence-electron chi connectivity index (χ3n) is 3.06. The molecule has 0 aliphatic carbocycles. The molecule has 2 aliphatic heterocycles. The monoisotopic (exact) mass is 295 g/mol. The first-order chi connectivity index (χ1) is 9.43. The average Bonchev–Trinajstić information content (AvgIpc) is 2.70. The Kier molecular flexibility index (Phi) is 2.82. The second kappa shape index (κ2) is 4.41. The minimum atomic E-state index is -3.13. The number of hydrogen-bond donors (Lipinski definition) is 3. The Labute approximate surface area is 115 Å². The molecule has 0 fully saturated rings. The van der Waals surface area contributed by atoms with Gasteiger partial charge in [-0.25, -0.2) is 8.42 Å². The molecule has 2 aliphatic rings. The van der Waals surface area contributed by atoms with Crippen LogP contribution in [0.1, 0.15) is 0 Å². The molecule has 0 radical (unpaired) electrons. The second-order valence-electron chi connectivity index (χ2n) is 4.68. The van der Waals surface area contributed by atoms with Crippen molar-refractivity contribution in [2.75, 3.05) is 28.7 Å². The lowest BCUT2D eigenvalue weighted by Crippen LogP contribution is -2.26. The Morgan fingerprint density at radius 1 is 1.40 bits per heavy atom. The summed E-state index contributed by atoms with van der Waals surface area (Å²) in [6.07, 6.45) is 1.57. The average molecular weight is 295 g/mol. The van der Waals surface area contributed by atoms with Crippen molar-refractivity contribution < 1.29 is 17.9 Å². The summed E-state index contributed by atoms with van der Waals surface area (Å²) in [5, 5.41) is 6.89. The molecule has 1 aromatic rings. The smallest absolute Gasteiger partial charge is 0.262 e. The van der Waals surface area contributed by atoms with Crippen LogP contribution in [0.4, 0.5) is 17.1 Å². The van der Waals surface area contributed by atoms with Crippen molar-refractivity contribution in [1.82, 2.24) is 0 Å². The molecule has 0 aromatic heterocycles. The van der Waals surface area contributed by atoms with E-state index in [0.717, 1.165) is 0 Å². The highest BCUT2D eigenvalue weighted by molar-refractivity contribution is 7.94. The Morgan fingerprint density at radius 2 is 2.20 bits per heavy atom. The first kappa shape index (κ1) is 12.8. The predicted octanol–water partition coefficient (Wildman–Crippen LogP) is 0.322. The number of ether oxygens (including phenoxy) is 1. The molecular formula is C12H13N3O4S. The number of rotatable bonds is 2. The lowest BCUT2D eigenvalue weighted by Gasteiger charge is -2.21. The van der Waals surface area contributed by atoms with E-state index in [1.54, 1.807) is 18.2 Å².